The fourth-order valence-corrected chi connectivity index (χ4v) is 2.67. The van der Waals surface area contributed by atoms with E-state index in [1.165, 1.54) is 6.07 Å². The predicted molar refractivity (Wildman–Crippen MR) is 73.5 cm³/mol. The van der Waals surface area contributed by atoms with Crippen LogP contribution in [0.2, 0.25) is 0 Å². The van der Waals surface area contributed by atoms with E-state index in [1.807, 2.05) is 13.8 Å². The summed E-state index contributed by atoms with van der Waals surface area (Å²) in [7, 11) is -4.41. The van der Waals surface area contributed by atoms with Gasteiger partial charge in [-0.1, -0.05) is 13.8 Å². The second kappa shape index (κ2) is 4.88. The average Bonchev–Trinajstić information content (AvgIpc) is 2.24. The summed E-state index contributed by atoms with van der Waals surface area (Å²) in [5.41, 5.74) is -0.765. The van der Waals surface area contributed by atoms with Gasteiger partial charge in [-0.15, -0.1) is 0 Å². The highest BCUT2D eigenvalue weighted by atomic mass is 32.2. The molecule has 3 N–H and O–H groups in total. The Balaban J connectivity index is 2.92. The molecular weight excluding hydrogens is 284 g/mol. The molecule has 2 rings (SSSR count). The van der Waals surface area contributed by atoms with Crippen LogP contribution < -0.4 is 11.2 Å². The van der Waals surface area contributed by atoms with E-state index >= 15 is 0 Å². The van der Waals surface area contributed by atoms with Crippen molar-refractivity contribution in [3.8, 4) is 0 Å². The molecular formula is C12H14N2O5S. The molecule has 0 amide bonds. The average molecular weight is 298 g/mol. The fraction of sp³-hybridized carbons (Fsp3) is 0.333. The normalized spacial score (nSPS) is 12.2. The largest absolute Gasteiger partial charge is 0.326 e. The van der Waals surface area contributed by atoms with Gasteiger partial charge in [0.1, 0.15) is 0 Å². The van der Waals surface area contributed by atoms with E-state index in [1.54, 1.807) is 0 Å². The summed E-state index contributed by atoms with van der Waals surface area (Å²) in [6, 6.07) is 2.33. The summed E-state index contributed by atoms with van der Waals surface area (Å²) in [5.74, 6) is 0.168. The van der Waals surface area contributed by atoms with Crippen LogP contribution in [0, 0.1) is 5.92 Å². The van der Waals surface area contributed by atoms with E-state index < -0.39 is 21.4 Å². The first-order chi connectivity index (χ1) is 9.18. The first-order valence-corrected chi connectivity index (χ1v) is 7.39. The molecule has 20 heavy (non-hydrogen) atoms. The number of benzene rings is 1. The third-order valence-corrected chi connectivity index (χ3v) is 3.65. The van der Waals surface area contributed by atoms with Gasteiger partial charge in [-0.2, -0.15) is 8.42 Å². The maximum atomic E-state index is 11.9. The predicted octanol–water partition coefficient (Wildman–Crippen LogP) is 0.662. The highest BCUT2D eigenvalue weighted by Crippen LogP contribution is 2.21. The molecule has 0 aliphatic carbocycles. The van der Waals surface area contributed by atoms with Crippen LogP contribution in [0.1, 0.15) is 19.4 Å². The van der Waals surface area contributed by atoms with Gasteiger partial charge in [0.2, 0.25) is 0 Å². The quantitative estimate of drug-likeness (QED) is 0.719. The van der Waals surface area contributed by atoms with Gasteiger partial charge in [0.15, 0.2) is 0 Å². The Bertz CT molecular complexity index is 877. The number of aromatic nitrogens is 2. The first-order valence-electron chi connectivity index (χ1n) is 5.95. The zero-order valence-electron chi connectivity index (χ0n) is 10.9. The Morgan fingerprint density at radius 3 is 2.40 bits per heavy atom. The van der Waals surface area contributed by atoms with Crippen molar-refractivity contribution < 1.29 is 13.0 Å². The lowest BCUT2D eigenvalue weighted by atomic mass is 9.99. The molecule has 0 radical (unpaired) electrons. The van der Waals surface area contributed by atoms with Crippen LogP contribution in [0.25, 0.3) is 10.9 Å². The lowest BCUT2D eigenvalue weighted by Crippen LogP contribution is -2.23. The fourth-order valence-electron chi connectivity index (χ4n) is 2.11. The van der Waals surface area contributed by atoms with Crippen LogP contribution in [0.3, 0.4) is 0 Å². The van der Waals surface area contributed by atoms with Gasteiger partial charge in [0, 0.05) is 0 Å². The number of rotatable bonds is 3. The summed E-state index contributed by atoms with van der Waals surface area (Å²) >= 11 is 0. The Labute approximate surface area is 114 Å². The molecule has 0 aliphatic heterocycles. The molecule has 0 spiro atoms. The van der Waals surface area contributed by atoms with Crippen molar-refractivity contribution in [2.75, 3.05) is 0 Å². The van der Waals surface area contributed by atoms with Crippen molar-refractivity contribution in [1.82, 2.24) is 9.97 Å². The van der Waals surface area contributed by atoms with Crippen molar-refractivity contribution in [1.29, 1.82) is 0 Å². The molecule has 7 nitrogen and oxygen atoms in total. The number of aromatic amines is 2. The van der Waals surface area contributed by atoms with Crippen LogP contribution in [-0.2, 0) is 16.5 Å². The molecule has 0 fully saturated rings. The van der Waals surface area contributed by atoms with Gasteiger partial charge in [0.05, 0.1) is 15.8 Å². The minimum absolute atomic E-state index is 0.0875. The molecule has 1 aromatic heterocycles. The van der Waals surface area contributed by atoms with E-state index in [0.29, 0.717) is 12.0 Å². The van der Waals surface area contributed by atoms with E-state index in [-0.39, 0.29) is 21.7 Å². The lowest BCUT2D eigenvalue weighted by molar-refractivity contribution is 0.483. The van der Waals surface area contributed by atoms with Crippen molar-refractivity contribution >= 4 is 21.0 Å². The molecule has 0 unspecified atom stereocenters. The number of H-pyrrole nitrogens is 2. The number of nitrogens with one attached hydrogen (secondary N) is 2. The maximum Gasteiger partial charge on any atom is 0.326 e. The monoisotopic (exact) mass is 298 g/mol. The Hall–Kier alpha value is -1.93. The minimum atomic E-state index is -4.41. The van der Waals surface area contributed by atoms with Gasteiger partial charge in [-0.05, 0) is 30.0 Å². The second-order valence-electron chi connectivity index (χ2n) is 4.99. The summed E-state index contributed by atoms with van der Waals surface area (Å²) in [4.78, 5) is 27.3. The van der Waals surface area contributed by atoms with Crippen molar-refractivity contribution in [2.45, 2.75) is 25.2 Å². The SMILES string of the molecule is CC(C)Cc1cc(S(=O)(=O)O)cc2[nH]c(=O)[nH]c(=O)c12. The van der Waals surface area contributed by atoms with Crippen LogP contribution >= 0.6 is 0 Å². The van der Waals surface area contributed by atoms with Crippen molar-refractivity contribution in [3.05, 3.63) is 38.5 Å². The van der Waals surface area contributed by atoms with Crippen LogP contribution in [-0.4, -0.2) is 22.9 Å². The molecule has 1 heterocycles. The number of fused-ring (bicyclic) bond motifs is 1. The third kappa shape index (κ3) is 2.81. The maximum absolute atomic E-state index is 11.9. The molecule has 1 aromatic carbocycles. The van der Waals surface area contributed by atoms with Gasteiger partial charge in [-0.3, -0.25) is 14.3 Å². The molecule has 8 heteroatoms. The lowest BCUT2D eigenvalue weighted by Gasteiger charge is -2.10. The van der Waals surface area contributed by atoms with Gasteiger partial charge in [0.25, 0.3) is 15.7 Å². The molecule has 0 saturated carbocycles. The van der Waals surface area contributed by atoms with Crippen molar-refractivity contribution in [2.24, 2.45) is 5.92 Å². The Morgan fingerprint density at radius 2 is 1.85 bits per heavy atom. The summed E-state index contributed by atoms with van der Waals surface area (Å²) in [5, 5.41) is 0.228. The standard InChI is InChI=1S/C12H14N2O5S/c1-6(2)3-7-4-8(20(17,18)19)5-9-10(7)11(15)14-12(16)13-9/h4-6H,3H2,1-2H3,(H,17,18,19)(H2,13,14,15,16). The summed E-state index contributed by atoms with van der Waals surface area (Å²) in [6.45, 7) is 3.82. The van der Waals surface area contributed by atoms with E-state index in [4.69, 9.17) is 4.55 Å². The number of hydrogen-bond acceptors (Lipinski definition) is 4. The van der Waals surface area contributed by atoms with E-state index in [9.17, 15) is 18.0 Å². The Kier molecular flexibility index (Phi) is 3.53. The Morgan fingerprint density at radius 1 is 1.20 bits per heavy atom. The molecule has 108 valence electrons. The van der Waals surface area contributed by atoms with Gasteiger partial charge in [-0.25, -0.2) is 4.79 Å². The molecule has 0 bridgehead atoms. The summed E-state index contributed by atoms with van der Waals surface area (Å²) < 4.78 is 31.7. The molecule has 0 aliphatic rings. The topological polar surface area (TPSA) is 120 Å². The van der Waals surface area contributed by atoms with Gasteiger partial charge < -0.3 is 4.98 Å². The van der Waals surface area contributed by atoms with Crippen LogP contribution in [0.15, 0.2) is 26.6 Å². The summed E-state index contributed by atoms with van der Waals surface area (Å²) in [6.07, 6.45) is 0.439. The first kappa shape index (κ1) is 14.5. The van der Waals surface area contributed by atoms with E-state index in [2.05, 4.69) is 9.97 Å². The second-order valence-corrected chi connectivity index (χ2v) is 6.41. The molecule has 0 atom stereocenters. The zero-order chi connectivity index (χ0) is 15.1. The highest BCUT2D eigenvalue weighted by molar-refractivity contribution is 7.85. The smallest absolute Gasteiger partial charge is 0.307 e. The molecule has 2 aromatic rings. The minimum Gasteiger partial charge on any atom is -0.307 e. The van der Waals surface area contributed by atoms with Crippen LogP contribution in [0.5, 0.6) is 0 Å². The molecule has 0 saturated heterocycles. The number of hydrogen-bond donors (Lipinski definition) is 3. The zero-order valence-corrected chi connectivity index (χ0v) is 11.7. The van der Waals surface area contributed by atoms with Gasteiger partial charge >= 0.3 is 5.69 Å². The van der Waals surface area contributed by atoms with Crippen molar-refractivity contribution in [3.63, 3.8) is 0 Å². The van der Waals surface area contributed by atoms with E-state index in [0.717, 1.165) is 6.07 Å². The third-order valence-electron chi connectivity index (χ3n) is 2.82. The highest BCUT2D eigenvalue weighted by Gasteiger charge is 2.16. The van der Waals surface area contributed by atoms with Crippen LogP contribution in [0.4, 0.5) is 0 Å².